The smallest absolute Gasteiger partial charge is 0.232 e. The maximum Gasteiger partial charge on any atom is 0.232 e. The van der Waals surface area contributed by atoms with Crippen LogP contribution in [0.25, 0.3) is 0 Å². The zero-order valence-corrected chi connectivity index (χ0v) is 17.8. The van der Waals surface area contributed by atoms with Gasteiger partial charge in [-0.2, -0.15) is 15.0 Å². The van der Waals surface area contributed by atoms with Crippen molar-refractivity contribution in [1.82, 2.24) is 24.8 Å². The van der Waals surface area contributed by atoms with Crippen LogP contribution in [0.2, 0.25) is 5.02 Å². The number of nitrogens with two attached hydrogens (primary N) is 1. The largest absolute Gasteiger partial charge is 0.368 e. The van der Waals surface area contributed by atoms with Crippen molar-refractivity contribution in [1.29, 1.82) is 0 Å². The van der Waals surface area contributed by atoms with Crippen molar-refractivity contribution in [3.05, 3.63) is 70.5 Å². The van der Waals surface area contributed by atoms with Crippen LogP contribution in [0.4, 0.5) is 17.6 Å². The summed E-state index contributed by atoms with van der Waals surface area (Å²) >= 11 is 6.21. The second-order valence-electron chi connectivity index (χ2n) is 7.51. The maximum absolute atomic E-state index is 6.21. The summed E-state index contributed by atoms with van der Waals surface area (Å²) in [6.07, 6.45) is 0. The summed E-state index contributed by atoms with van der Waals surface area (Å²) in [6, 6.07) is 16.3. The van der Waals surface area contributed by atoms with Crippen LogP contribution in [0.1, 0.15) is 17.0 Å². The summed E-state index contributed by atoms with van der Waals surface area (Å²) in [5.41, 5.74) is 9.08. The zero-order chi connectivity index (χ0) is 20.9. The van der Waals surface area contributed by atoms with Gasteiger partial charge in [0.05, 0.1) is 6.54 Å². The number of hydrogen-bond acceptors (Lipinski definition) is 7. The lowest BCUT2D eigenvalue weighted by Gasteiger charge is -2.34. The molecule has 3 N–H and O–H groups in total. The molecule has 0 atom stereocenters. The van der Waals surface area contributed by atoms with E-state index in [1.807, 2.05) is 25.1 Å². The highest BCUT2D eigenvalue weighted by Crippen LogP contribution is 2.25. The molecule has 0 radical (unpaired) electrons. The molecule has 2 aromatic carbocycles. The Morgan fingerprint density at radius 3 is 2.33 bits per heavy atom. The van der Waals surface area contributed by atoms with Gasteiger partial charge in [0, 0.05) is 43.4 Å². The molecule has 2 heterocycles. The van der Waals surface area contributed by atoms with Gasteiger partial charge in [-0.3, -0.25) is 9.80 Å². The fourth-order valence-corrected chi connectivity index (χ4v) is 3.75. The first-order valence-electron chi connectivity index (χ1n) is 10.1. The Hall–Kier alpha value is -2.74. The molecule has 3 aromatic rings. The Morgan fingerprint density at radius 2 is 1.60 bits per heavy atom. The van der Waals surface area contributed by atoms with Gasteiger partial charge in [-0.05, 0) is 30.2 Å². The van der Waals surface area contributed by atoms with Gasteiger partial charge in [0.2, 0.25) is 11.9 Å². The van der Waals surface area contributed by atoms with Crippen molar-refractivity contribution in [2.75, 3.05) is 37.2 Å². The van der Waals surface area contributed by atoms with E-state index in [-0.39, 0.29) is 5.95 Å². The van der Waals surface area contributed by atoms with Gasteiger partial charge in [-0.25, -0.2) is 0 Å². The number of piperazine rings is 1. The lowest BCUT2D eigenvalue weighted by atomic mass is 10.2. The standard InChI is InChI=1S/C22H26ClN7/c1-16-18(23)8-5-9-19(16)25-22-27-20(26-21(24)28-22)15-30-12-10-29(11-13-30)14-17-6-3-2-4-7-17/h2-9H,10-15H2,1H3,(H3,24,25,26,27,28). The third-order valence-electron chi connectivity index (χ3n) is 5.29. The van der Waals surface area contributed by atoms with Crippen LogP contribution in [0, 0.1) is 6.92 Å². The average Bonchev–Trinajstić information content (AvgIpc) is 2.73. The van der Waals surface area contributed by atoms with Gasteiger partial charge >= 0.3 is 0 Å². The molecule has 30 heavy (non-hydrogen) atoms. The summed E-state index contributed by atoms with van der Waals surface area (Å²) in [6.45, 7) is 7.55. The predicted molar refractivity (Wildman–Crippen MR) is 121 cm³/mol. The van der Waals surface area contributed by atoms with Crippen molar-refractivity contribution < 1.29 is 0 Å². The monoisotopic (exact) mass is 423 g/mol. The molecule has 1 aromatic heterocycles. The molecule has 8 heteroatoms. The first-order chi connectivity index (χ1) is 14.6. The number of anilines is 3. The van der Waals surface area contributed by atoms with Crippen LogP contribution in [0.5, 0.6) is 0 Å². The molecule has 0 bridgehead atoms. The summed E-state index contributed by atoms with van der Waals surface area (Å²) < 4.78 is 0. The summed E-state index contributed by atoms with van der Waals surface area (Å²) in [5, 5.41) is 3.90. The van der Waals surface area contributed by atoms with Gasteiger partial charge < -0.3 is 11.1 Å². The van der Waals surface area contributed by atoms with Crippen LogP contribution < -0.4 is 11.1 Å². The third-order valence-corrected chi connectivity index (χ3v) is 5.70. The van der Waals surface area contributed by atoms with Gasteiger partial charge in [0.15, 0.2) is 0 Å². The molecule has 1 aliphatic rings. The molecule has 0 saturated carbocycles. The van der Waals surface area contributed by atoms with Crippen molar-refractivity contribution in [2.45, 2.75) is 20.0 Å². The molecule has 4 rings (SSSR count). The van der Waals surface area contributed by atoms with E-state index in [2.05, 4.69) is 60.4 Å². The summed E-state index contributed by atoms with van der Waals surface area (Å²) in [4.78, 5) is 18.0. The van der Waals surface area contributed by atoms with E-state index in [1.54, 1.807) is 0 Å². The van der Waals surface area contributed by atoms with E-state index >= 15 is 0 Å². The topological polar surface area (TPSA) is 83.2 Å². The van der Waals surface area contributed by atoms with Gasteiger partial charge in [0.25, 0.3) is 0 Å². The van der Waals surface area contributed by atoms with Gasteiger partial charge in [0.1, 0.15) is 5.82 Å². The average molecular weight is 424 g/mol. The number of hydrogen-bond donors (Lipinski definition) is 2. The van der Waals surface area contributed by atoms with Crippen LogP contribution in [-0.2, 0) is 13.1 Å². The normalized spacial score (nSPS) is 15.3. The number of nitrogen functional groups attached to an aromatic ring is 1. The van der Waals surface area contributed by atoms with Crippen molar-refractivity contribution in [2.24, 2.45) is 0 Å². The van der Waals surface area contributed by atoms with E-state index in [0.717, 1.165) is 44.0 Å². The Balaban J connectivity index is 1.36. The Labute approximate surface area is 181 Å². The van der Waals surface area contributed by atoms with Crippen LogP contribution in [-0.4, -0.2) is 50.9 Å². The number of aromatic nitrogens is 3. The van der Waals surface area contributed by atoms with Gasteiger partial charge in [-0.15, -0.1) is 0 Å². The van der Waals surface area contributed by atoms with Crippen LogP contribution in [0.3, 0.4) is 0 Å². The fraction of sp³-hybridized carbons (Fsp3) is 0.318. The van der Waals surface area contributed by atoms with Crippen molar-refractivity contribution in [3.63, 3.8) is 0 Å². The number of nitrogens with zero attached hydrogens (tertiary/aromatic N) is 5. The molecule has 1 aliphatic heterocycles. The van der Waals surface area contributed by atoms with E-state index in [1.165, 1.54) is 5.56 Å². The number of nitrogens with one attached hydrogen (secondary N) is 1. The predicted octanol–water partition coefficient (Wildman–Crippen LogP) is 3.48. The minimum atomic E-state index is 0.213. The Bertz CT molecular complexity index is 988. The van der Waals surface area contributed by atoms with E-state index in [9.17, 15) is 0 Å². The highest BCUT2D eigenvalue weighted by atomic mass is 35.5. The number of benzene rings is 2. The zero-order valence-electron chi connectivity index (χ0n) is 17.1. The molecule has 1 fully saturated rings. The molecule has 1 saturated heterocycles. The van der Waals surface area contributed by atoms with Crippen LogP contribution in [0.15, 0.2) is 48.5 Å². The molecule has 0 amide bonds. The summed E-state index contributed by atoms with van der Waals surface area (Å²) in [7, 11) is 0. The number of rotatable bonds is 6. The van der Waals surface area contributed by atoms with E-state index in [4.69, 9.17) is 17.3 Å². The van der Waals surface area contributed by atoms with Gasteiger partial charge in [-0.1, -0.05) is 48.0 Å². The molecule has 0 aliphatic carbocycles. The van der Waals surface area contributed by atoms with E-state index < -0.39 is 0 Å². The fourth-order valence-electron chi connectivity index (χ4n) is 3.58. The maximum atomic E-state index is 6.21. The van der Waals surface area contributed by atoms with Crippen molar-refractivity contribution >= 4 is 29.2 Å². The Kier molecular flexibility index (Phi) is 6.42. The minimum absolute atomic E-state index is 0.213. The second kappa shape index (κ2) is 9.38. The first kappa shape index (κ1) is 20.5. The highest BCUT2D eigenvalue weighted by molar-refractivity contribution is 6.31. The molecule has 156 valence electrons. The molecule has 0 unspecified atom stereocenters. The lowest BCUT2D eigenvalue weighted by Crippen LogP contribution is -2.45. The third kappa shape index (κ3) is 5.24. The second-order valence-corrected chi connectivity index (χ2v) is 7.92. The van der Waals surface area contributed by atoms with Crippen molar-refractivity contribution in [3.8, 4) is 0 Å². The number of halogens is 1. The Morgan fingerprint density at radius 1 is 0.900 bits per heavy atom. The first-order valence-corrected chi connectivity index (χ1v) is 10.5. The highest BCUT2D eigenvalue weighted by Gasteiger charge is 2.18. The van der Waals surface area contributed by atoms with E-state index in [0.29, 0.717) is 23.3 Å². The molecule has 7 nitrogen and oxygen atoms in total. The molecular weight excluding hydrogens is 398 g/mol. The SMILES string of the molecule is Cc1c(Cl)cccc1Nc1nc(N)nc(CN2CCN(Cc3ccccc3)CC2)n1. The summed E-state index contributed by atoms with van der Waals surface area (Å²) in [5.74, 6) is 1.32. The molecular formula is C22H26ClN7. The quantitative estimate of drug-likeness (QED) is 0.627. The lowest BCUT2D eigenvalue weighted by molar-refractivity contribution is 0.120. The van der Waals surface area contributed by atoms with Crippen LogP contribution >= 0.6 is 11.6 Å². The molecule has 0 spiro atoms. The minimum Gasteiger partial charge on any atom is -0.368 e.